The zero-order valence-corrected chi connectivity index (χ0v) is 12.4. The molecule has 106 valence electrons. The Morgan fingerprint density at radius 2 is 2.00 bits per heavy atom. The van der Waals surface area contributed by atoms with E-state index >= 15 is 0 Å². The Balaban J connectivity index is 2.28. The van der Waals surface area contributed by atoms with Crippen molar-refractivity contribution in [2.75, 3.05) is 11.1 Å². The third kappa shape index (κ3) is 3.05. The first-order chi connectivity index (χ1) is 9.27. The zero-order chi connectivity index (χ0) is 14.9. The number of primary amides is 1. The van der Waals surface area contributed by atoms with Gasteiger partial charge in [0.15, 0.2) is 10.9 Å². The summed E-state index contributed by atoms with van der Waals surface area (Å²) in [7, 11) is 0. The van der Waals surface area contributed by atoms with Crippen molar-refractivity contribution >= 4 is 33.9 Å². The highest BCUT2D eigenvalue weighted by atomic mass is 32.1. The van der Waals surface area contributed by atoms with Gasteiger partial charge < -0.3 is 16.8 Å². The largest absolute Gasteiger partial charge is 0.396 e. The number of nitrogens with one attached hydrogen (secondary N) is 1. The summed E-state index contributed by atoms with van der Waals surface area (Å²) in [5.41, 5.74) is 12.6. The maximum absolute atomic E-state index is 11.1. The fourth-order valence-electron chi connectivity index (χ4n) is 1.48. The number of pyridine rings is 1. The predicted molar refractivity (Wildman–Crippen MR) is 81.3 cm³/mol. The van der Waals surface area contributed by atoms with Crippen molar-refractivity contribution in [3.8, 4) is 0 Å². The molecule has 0 fully saturated rings. The van der Waals surface area contributed by atoms with Crippen molar-refractivity contribution in [2.45, 2.75) is 26.2 Å². The van der Waals surface area contributed by atoms with Crippen LogP contribution in [0.5, 0.6) is 0 Å². The number of thiazole rings is 1. The Bertz CT molecular complexity index is 644. The summed E-state index contributed by atoms with van der Waals surface area (Å²) in [6.45, 7) is 6.27. The molecule has 0 bridgehead atoms. The van der Waals surface area contributed by atoms with Gasteiger partial charge in [0.25, 0.3) is 5.91 Å². The topological polar surface area (TPSA) is 107 Å². The van der Waals surface area contributed by atoms with Crippen molar-refractivity contribution < 1.29 is 4.79 Å². The van der Waals surface area contributed by atoms with E-state index in [1.54, 1.807) is 6.07 Å². The van der Waals surface area contributed by atoms with Gasteiger partial charge in [-0.1, -0.05) is 20.8 Å². The van der Waals surface area contributed by atoms with Crippen LogP contribution in [0.4, 0.5) is 16.6 Å². The Morgan fingerprint density at radius 1 is 1.30 bits per heavy atom. The highest BCUT2D eigenvalue weighted by Gasteiger charge is 2.18. The van der Waals surface area contributed by atoms with E-state index in [4.69, 9.17) is 11.5 Å². The van der Waals surface area contributed by atoms with E-state index in [1.165, 1.54) is 17.4 Å². The molecule has 0 aromatic carbocycles. The first kappa shape index (κ1) is 14.3. The fourth-order valence-corrected chi connectivity index (χ4v) is 2.42. The van der Waals surface area contributed by atoms with Gasteiger partial charge in [-0.2, -0.15) is 0 Å². The number of hydrogen-bond acceptors (Lipinski definition) is 6. The second kappa shape index (κ2) is 5.09. The molecule has 1 amide bonds. The molecule has 20 heavy (non-hydrogen) atoms. The highest BCUT2D eigenvalue weighted by Crippen LogP contribution is 2.29. The van der Waals surface area contributed by atoms with Gasteiger partial charge in [-0.25, -0.2) is 9.97 Å². The number of anilines is 3. The van der Waals surface area contributed by atoms with E-state index in [2.05, 4.69) is 36.1 Å². The Labute approximate surface area is 121 Å². The molecule has 0 aliphatic rings. The first-order valence-corrected chi connectivity index (χ1v) is 6.94. The van der Waals surface area contributed by atoms with Crippen molar-refractivity contribution in [3.63, 3.8) is 0 Å². The van der Waals surface area contributed by atoms with E-state index in [9.17, 15) is 4.79 Å². The third-order valence-corrected chi connectivity index (χ3v) is 3.43. The monoisotopic (exact) mass is 291 g/mol. The first-order valence-electron chi connectivity index (χ1n) is 6.07. The van der Waals surface area contributed by atoms with E-state index < -0.39 is 5.91 Å². The third-order valence-electron chi connectivity index (χ3n) is 2.68. The maximum Gasteiger partial charge on any atom is 0.267 e. The quantitative estimate of drug-likeness (QED) is 0.804. The molecule has 7 heteroatoms. The predicted octanol–water partition coefficient (Wildman–Crippen LogP) is 2.26. The minimum Gasteiger partial charge on any atom is -0.396 e. The molecule has 0 unspecified atom stereocenters. The van der Waals surface area contributed by atoms with E-state index in [0.29, 0.717) is 16.6 Å². The average molecular weight is 291 g/mol. The van der Waals surface area contributed by atoms with Crippen LogP contribution in [0.25, 0.3) is 0 Å². The van der Waals surface area contributed by atoms with Gasteiger partial charge in [0, 0.05) is 10.8 Å². The lowest BCUT2D eigenvalue weighted by Crippen LogP contribution is -2.14. The van der Waals surface area contributed by atoms with Gasteiger partial charge in [-0.15, -0.1) is 11.3 Å². The molecule has 2 rings (SSSR count). The molecule has 0 aliphatic carbocycles. The van der Waals surface area contributed by atoms with Gasteiger partial charge in [0.1, 0.15) is 5.69 Å². The normalized spacial score (nSPS) is 11.3. The molecule has 0 saturated carbocycles. The molecule has 0 spiro atoms. The lowest BCUT2D eigenvalue weighted by molar-refractivity contribution is 0.0996. The van der Waals surface area contributed by atoms with Crippen molar-refractivity contribution in [1.29, 1.82) is 0 Å². The molecule has 5 N–H and O–H groups in total. The van der Waals surface area contributed by atoms with E-state index in [1.807, 2.05) is 5.38 Å². The molecule has 0 radical (unpaired) electrons. The maximum atomic E-state index is 11.1. The molecule has 6 nitrogen and oxygen atoms in total. The number of rotatable bonds is 3. The van der Waals surface area contributed by atoms with Crippen LogP contribution >= 0.6 is 11.3 Å². The van der Waals surface area contributed by atoms with Crippen molar-refractivity contribution in [1.82, 2.24) is 9.97 Å². The van der Waals surface area contributed by atoms with Crippen molar-refractivity contribution in [2.24, 2.45) is 5.73 Å². The number of carbonyl (C=O) groups is 1. The van der Waals surface area contributed by atoms with Gasteiger partial charge in [0.05, 0.1) is 11.4 Å². The molecule has 0 aliphatic heterocycles. The summed E-state index contributed by atoms with van der Waals surface area (Å²) in [6.07, 6.45) is 0. The van der Waals surface area contributed by atoms with Crippen LogP contribution in [0.1, 0.15) is 37.0 Å². The molecule has 0 atom stereocenters. The van der Waals surface area contributed by atoms with Crippen LogP contribution in [0.15, 0.2) is 17.5 Å². The average Bonchev–Trinajstić information content (AvgIpc) is 2.80. The van der Waals surface area contributed by atoms with E-state index in [-0.39, 0.29) is 11.1 Å². The minimum atomic E-state index is -0.595. The number of amides is 1. The van der Waals surface area contributed by atoms with Crippen LogP contribution in [-0.4, -0.2) is 15.9 Å². The minimum absolute atomic E-state index is 0.0233. The van der Waals surface area contributed by atoms with Gasteiger partial charge in [0.2, 0.25) is 0 Å². The lowest BCUT2D eigenvalue weighted by Gasteiger charge is -2.14. The smallest absolute Gasteiger partial charge is 0.267 e. The molecular formula is C13H17N5OS. The molecule has 2 aromatic heterocycles. The molecule has 2 aromatic rings. The lowest BCUT2D eigenvalue weighted by atomic mass is 9.93. The Morgan fingerprint density at radius 3 is 2.55 bits per heavy atom. The SMILES string of the molecule is CC(C)(C)c1csc(Nc2nc(C(N)=O)ccc2N)n1. The summed E-state index contributed by atoms with van der Waals surface area (Å²) in [5.74, 6) is -0.210. The van der Waals surface area contributed by atoms with Crippen LogP contribution in [-0.2, 0) is 5.41 Å². The number of aromatic nitrogens is 2. The summed E-state index contributed by atoms with van der Waals surface area (Å²) in [4.78, 5) is 19.7. The number of nitrogens with zero attached hydrogens (tertiary/aromatic N) is 2. The summed E-state index contributed by atoms with van der Waals surface area (Å²) < 4.78 is 0. The second-order valence-electron chi connectivity index (χ2n) is 5.41. The van der Waals surface area contributed by atoms with Gasteiger partial charge in [-0.3, -0.25) is 4.79 Å². The molecule has 2 heterocycles. The van der Waals surface area contributed by atoms with Crippen LogP contribution in [0.2, 0.25) is 0 Å². The van der Waals surface area contributed by atoms with Gasteiger partial charge in [-0.05, 0) is 12.1 Å². The Kier molecular flexibility index (Phi) is 3.63. The number of nitrogen functional groups attached to an aromatic ring is 1. The van der Waals surface area contributed by atoms with Crippen LogP contribution in [0.3, 0.4) is 0 Å². The second-order valence-corrected chi connectivity index (χ2v) is 6.27. The summed E-state index contributed by atoms with van der Waals surface area (Å²) in [5, 5.41) is 5.68. The molecule has 0 saturated heterocycles. The highest BCUT2D eigenvalue weighted by molar-refractivity contribution is 7.13. The van der Waals surface area contributed by atoms with E-state index in [0.717, 1.165) is 5.69 Å². The number of carbonyl (C=O) groups excluding carboxylic acids is 1. The summed E-state index contributed by atoms with van der Waals surface area (Å²) in [6, 6.07) is 3.08. The molecular weight excluding hydrogens is 274 g/mol. The fraction of sp³-hybridized carbons (Fsp3) is 0.308. The van der Waals surface area contributed by atoms with Crippen LogP contribution in [0, 0.1) is 0 Å². The Hall–Kier alpha value is -2.15. The zero-order valence-electron chi connectivity index (χ0n) is 11.6. The number of hydrogen-bond donors (Lipinski definition) is 3. The standard InChI is InChI=1S/C13H17N5OS/c1-13(2,3)9-6-20-12(17-9)18-11-7(14)4-5-8(16-11)10(15)19/h4-6H,14H2,1-3H3,(H2,15,19)(H,16,17,18). The van der Waals surface area contributed by atoms with Crippen LogP contribution < -0.4 is 16.8 Å². The van der Waals surface area contributed by atoms with Gasteiger partial charge >= 0.3 is 0 Å². The van der Waals surface area contributed by atoms with Crippen molar-refractivity contribution in [3.05, 3.63) is 28.9 Å². The summed E-state index contributed by atoms with van der Waals surface area (Å²) >= 11 is 1.46. The number of nitrogens with two attached hydrogens (primary N) is 2.